The van der Waals surface area contributed by atoms with Gasteiger partial charge in [-0.05, 0) is 34.1 Å². The standard InChI is InChI=1S/C20H17BrFN3O3/c1-12(26)23-6-8-24(9-7-23)18-10-15(21)17(11-16(18)22)25-19(27)13-4-2-3-5-14(13)20(25)28/h2-5,10-11H,6-9H2,1H3. The van der Waals surface area contributed by atoms with Crippen LogP contribution in [0.15, 0.2) is 40.9 Å². The Kier molecular flexibility index (Phi) is 4.66. The number of carbonyl (C=O) groups excluding carboxylic acids is 3. The molecule has 0 N–H and O–H groups in total. The second-order valence-corrected chi connectivity index (χ2v) is 7.59. The highest BCUT2D eigenvalue weighted by atomic mass is 79.9. The minimum Gasteiger partial charge on any atom is -0.366 e. The number of hydrogen-bond donors (Lipinski definition) is 0. The highest BCUT2D eigenvalue weighted by Gasteiger charge is 2.38. The van der Waals surface area contributed by atoms with Crippen molar-refractivity contribution >= 4 is 45.0 Å². The van der Waals surface area contributed by atoms with Gasteiger partial charge < -0.3 is 9.80 Å². The minimum atomic E-state index is -0.522. The first-order valence-corrected chi connectivity index (χ1v) is 9.65. The molecule has 144 valence electrons. The lowest BCUT2D eigenvalue weighted by atomic mass is 10.1. The van der Waals surface area contributed by atoms with Crippen molar-refractivity contribution < 1.29 is 18.8 Å². The molecule has 28 heavy (non-hydrogen) atoms. The molecule has 0 radical (unpaired) electrons. The first-order valence-electron chi connectivity index (χ1n) is 8.86. The number of piperazine rings is 1. The number of rotatable bonds is 2. The van der Waals surface area contributed by atoms with Gasteiger partial charge in [0, 0.05) is 43.6 Å². The Bertz CT molecular complexity index is 967. The first-order chi connectivity index (χ1) is 13.4. The summed E-state index contributed by atoms with van der Waals surface area (Å²) in [6.45, 7) is 3.58. The maximum atomic E-state index is 14.9. The third kappa shape index (κ3) is 2.97. The third-order valence-electron chi connectivity index (χ3n) is 5.12. The molecule has 0 atom stereocenters. The molecule has 2 aliphatic rings. The molecule has 0 spiro atoms. The van der Waals surface area contributed by atoms with Crippen LogP contribution in [0, 0.1) is 5.82 Å². The highest BCUT2D eigenvalue weighted by Crippen LogP contribution is 2.37. The topological polar surface area (TPSA) is 60.9 Å². The lowest BCUT2D eigenvalue weighted by Crippen LogP contribution is -2.48. The molecule has 2 aromatic rings. The molecule has 0 bridgehead atoms. The van der Waals surface area contributed by atoms with Gasteiger partial charge in [-0.15, -0.1) is 0 Å². The summed E-state index contributed by atoms with van der Waals surface area (Å²) in [4.78, 5) is 41.4. The average molecular weight is 446 g/mol. The molecule has 8 heteroatoms. The van der Waals surface area contributed by atoms with E-state index in [1.54, 1.807) is 35.2 Å². The van der Waals surface area contributed by atoms with E-state index in [1.165, 1.54) is 13.0 Å². The Balaban J connectivity index is 1.64. The van der Waals surface area contributed by atoms with Crippen LogP contribution in [-0.2, 0) is 4.79 Å². The summed E-state index contributed by atoms with van der Waals surface area (Å²) in [5, 5.41) is 0. The fraction of sp³-hybridized carbons (Fsp3) is 0.250. The van der Waals surface area contributed by atoms with Gasteiger partial charge in [0.05, 0.1) is 22.5 Å². The minimum absolute atomic E-state index is 0.00211. The van der Waals surface area contributed by atoms with Crippen molar-refractivity contribution in [1.82, 2.24) is 4.90 Å². The van der Waals surface area contributed by atoms with E-state index in [2.05, 4.69) is 15.9 Å². The summed E-state index contributed by atoms with van der Waals surface area (Å²) in [7, 11) is 0. The number of carbonyl (C=O) groups is 3. The zero-order valence-corrected chi connectivity index (χ0v) is 16.7. The fourth-order valence-corrected chi connectivity index (χ4v) is 4.12. The fourth-order valence-electron chi connectivity index (χ4n) is 3.61. The number of nitrogens with zero attached hydrogens (tertiary/aromatic N) is 3. The van der Waals surface area contributed by atoms with Crippen LogP contribution in [0.25, 0.3) is 0 Å². The summed E-state index contributed by atoms with van der Waals surface area (Å²) in [5.41, 5.74) is 1.17. The molecule has 1 fully saturated rings. The van der Waals surface area contributed by atoms with Crippen molar-refractivity contribution in [3.8, 4) is 0 Å². The predicted octanol–water partition coefficient (Wildman–Crippen LogP) is 3.06. The van der Waals surface area contributed by atoms with Crippen molar-refractivity contribution in [2.75, 3.05) is 36.0 Å². The van der Waals surface area contributed by atoms with Gasteiger partial charge in [0.25, 0.3) is 11.8 Å². The summed E-state index contributed by atoms with van der Waals surface area (Å²) in [6, 6.07) is 9.33. The second-order valence-electron chi connectivity index (χ2n) is 6.74. The molecule has 0 aliphatic carbocycles. The highest BCUT2D eigenvalue weighted by molar-refractivity contribution is 9.10. The van der Waals surface area contributed by atoms with Crippen LogP contribution >= 0.6 is 15.9 Å². The number of benzene rings is 2. The molecular weight excluding hydrogens is 429 g/mol. The van der Waals surface area contributed by atoms with Crippen molar-refractivity contribution in [3.05, 3.63) is 57.8 Å². The van der Waals surface area contributed by atoms with Gasteiger partial charge in [0.15, 0.2) is 0 Å². The van der Waals surface area contributed by atoms with Gasteiger partial charge in [-0.1, -0.05) is 12.1 Å². The third-order valence-corrected chi connectivity index (χ3v) is 5.75. The van der Waals surface area contributed by atoms with E-state index in [4.69, 9.17) is 0 Å². The number of anilines is 2. The maximum Gasteiger partial charge on any atom is 0.266 e. The molecule has 2 aliphatic heterocycles. The van der Waals surface area contributed by atoms with Crippen LogP contribution in [-0.4, -0.2) is 48.8 Å². The molecule has 0 aromatic heterocycles. The van der Waals surface area contributed by atoms with E-state index in [0.717, 1.165) is 4.90 Å². The Labute approximate surface area is 169 Å². The van der Waals surface area contributed by atoms with E-state index in [1.807, 2.05) is 4.90 Å². The van der Waals surface area contributed by atoms with Crippen LogP contribution in [0.5, 0.6) is 0 Å². The lowest BCUT2D eigenvalue weighted by Gasteiger charge is -2.36. The van der Waals surface area contributed by atoms with E-state index in [-0.39, 0.29) is 11.6 Å². The van der Waals surface area contributed by atoms with E-state index < -0.39 is 17.6 Å². The SMILES string of the molecule is CC(=O)N1CCN(c2cc(Br)c(N3C(=O)c4ccccc4C3=O)cc2F)CC1. The van der Waals surface area contributed by atoms with Gasteiger partial charge in [0.2, 0.25) is 5.91 Å². The Morgan fingerprint density at radius 2 is 1.54 bits per heavy atom. The summed E-state index contributed by atoms with van der Waals surface area (Å²) in [5.74, 6) is -1.46. The molecule has 3 amide bonds. The van der Waals surface area contributed by atoms with Crippen molar-refractivity contribution in [3.63, 3.8) is 0 Å². The number of imide groups is 1. The van der Waals surface area contributed by atoms with Crippen molar-refractivity contribution in [2.45, 2.75) is 6.92 Å². The lowest BCUT2D eigenvalue weighted by molar-refractivity contribution is -0.129. The van der Waals surface area contributed by atoms with Crippen LogP contribution in [0.3, 0.4) is 0 Å². The smallest absolute Gasteiger partial charge is 0.266 e. The van der Waals surface area contributed by atoms with Gasteiger partial charge in [-0.2, -0.15) is 0 Å². The van der Waals surface area contributed by atoms with Crippen LogP contribution in [0.1, 0.15) is 27.6 Å². The van der Waals surface area contributed by atoms with E-state index in [0.29, 0.717) is 47.5 Å². The number of fused-ring (bicyclic) bond motifs is 1. The Morgan fingerprint density at radius 3 is 2.07 bits per heavy atom. The monoisotopic (exact) mass is 445 g/mol. The average Bonchev–Trinajstić information content (AvgIpc) is 2.94. The van der Waals surface area contributed by atoms with Crippen LogP contribution < -0.4 is 9.80 Å². The first kappa shape index (κ1) is 18.6. The largest absolute Gasteiger partial charge is 0.366 e. The van der Waals surface area contributed by atoms with E-state index >= 15 is 0 Å². The van der Waals surface area contributed by atoms with E-state index in [9.17, 15) is 18.8 Å². The van der Waals surface area contributed by atoms with Crippen LogP contribution in [0.4, 0.5) is 15.8 Å². The summed E-state index contributed by atoms with van der Waals surface area (Å²) < 4.78 is 15.4. The maximum absolute atomic E-state index is 14.9. The van der Waals surface area contributed by atoms with Crippen molar-refractivity contribution in [1.29, 1.82) is 0 Å². The predicted molar refractivity (Wildman–Crippen MR) is 106 cm³/mol. The van der Waals surface area contributed by atoms with Crippen LogP contribution in [0.2, 0.25) is 0 Å². The molecule has 4 rings (SSSR count). The zero-order valence-electron chi connectivity index (χ0n) is 15.1. The number of amides is 3. The van der Waals surface area contributed by atoms with Gasteiger partial charge >= 0.3 is 0 Å². The molecule has 2 heterocycles. The summed E-state index contributed by atoms with van der Waals surface area (Å²) >= 11 is 3.39. The van der Waals surface area contributed by atoms with Crippen molar-refractivity contribution in [2.24, 2.45) is 0 Å². The molecular formula is C20H17BrFN3O3. The Morgan fingerprint density at radius 1 is 0.964 bits per heavy atom. The number of hydrogen-bond acceptors (Lipinski definition) is 4. The normalized spacial score (nSPS) is 16.6. The number of halogens is 2. The zero-order chi connectivity index (χ0) is 20.0. The molecule has 0 unspecified atom stereocenters. The Hall–Kier alpha value is -2.74. The molecule has 2 aromatic carbocycles. The summed E-state index contributed by atoms with van der Waals surface area (Å²) in [6.07, 6.45) is 0. The molecule has 0 saturated carbocycles. The van der Waals surface area contributed by atoms with Gasteiger partial charge in [0.1, 0.15) is 5.82 Å². The second kappa shape index (κ2) is 7.01. The van der Waals surface area contributed by atoms with Gasteiger partial charge in [-0.25, -0.2) is 9.29 Å². The quantitative estimate of drug-likeness (QED) is 0.666. The molecule has 1 saturated heterocycles. The molecule has 6 nitrogen and oxygen atoms in total. The van der Waals surface area contributed by atoms with Gasteiger partial charge in [-0.3, -0.25) is 14.4 Å².